The number of rotatable bonds is 2. The molecule has 1 unspecified atom stereocenters. The van der Waals surface area contributed by atoms with Gasteiger partial charge >= 0.3 is 7.12 Å². The Hall–Kier alpha value is 0.275. The lowest BCUT2D eigenvalue weighted by molar-refractivity contribution is 0.353. The standard InChI is InChI=1S/C8H14BClO2/c10-8(7-3-1-2-4-7)9-11-5-6-12-9/h7-8H,1-6H2. The van der Waals surface area contributed by atoms with Gasteiger partial charge in [-0.2, -0.15) is 0 Å². The summed E-state index contributed by atoms with van der Waals surface area (Å²) in [6.07, 6.45) is 5.13. The van der Waals surface area contributed by atoms with Crippen LogP contribution in [-0.2, 0) is 9.31 Å². The number of halogens is 1. The molecule has 2 fully saturated rings. The average molecular weight is 188 g/mol. The van der Waals surface area contributed by atoms with Gasteiger partial charge in [-0.25, -0.2) is 0 Å². The summed E-state index contributed by atoms with van der Waals surface area (Å²) in [6.45, 7) is 1.42. The zero-order valence-corrected chi connectivity index (χ0v) is 7.93. The molecule has 12 heavy (non-hydrogen) atoms. The molecule has 1 aliphatic carbocycles. The van der Waals surface area contributed by atoms with Crippen molar-refractivity contribution in [3.05, 3.63) is 0 Å². The normalized spacial score (nSPS) is 28.2. The maximum absolute atomic E-state index is 6.24. The van der Waals surface area contributed by atoms with Crippen molar-refractivity contribution >= 4 is 18.7 Å². The van der Waals surface area contributed by atoms with Crippen LogP contribution in [0.4, 0.5) is 0 Å². The van der Waals surface area contributed by atoms with Gasteiger partial charge in [0.25, 0.3) is 0 Å². The SMILES string of the molecule is ClC(B1OCCO1)C1CCCC1. The Morgan fingerprint density at radius 1 is 1.17 bits per heavy atom. The van der Waals surface area contributed by atoms with E-state index in [4.69, 9.17) is 20.9 Å². The van der Waals surface area contributed by atoms with Crippen LogP contribution in [0.15, 0.2) is 0 Å². The zero-order valence-electron chi connectivity index (χ0n) is 7.17. The highest BCUT2D eigenvalue weighted by Crippen LogP contribution is 2.32. The summed E-state index contributed by atoms with van der Waals surface area (Å²) in [5.41, 5.74) is 0. The second-order valence-corrected chi connectivity index (χ2v) is 4.10. The Balaban J connectivity index is 1.84. The van der Waals surface area contributed by atoms with Crippen LogP contribution >= 0.6 is 11.6 Å². The van der Waals surface area contributed by atoms with E-state index in [1.165, 1.54) is 25.7 Å². The van der Waals surface area contributed by atoms with Gasteiger partial charge in [0.2, 0.25) is 0 Å². The minimum absolute atomic E-state index is 0.0787. The molecule has 0 bridgehead atoms. The molecule has 2 rings (SSSR count). The lowest BCUT2D eigenvalue weighted by Crippen LogP contribution is -2.33. The smallest absolute Gasteiger partial charge is 0.408 e. The van der Waals surface area contributed by atoms with Gasteiger partial charge in [0.05, 0.1) is 18.5 Å². The van der Waals surface area contributed by atoms with E-state index in [1.54, 1.807) is 0 Å². The number of hydrogen-bond donors (Lipinski definition) is 0. The van der Waals surface area contributed by atoms with Crippen molar-refractivity contribution in [3.8, 4) is 0 Å². The second kappa shape index (κ2) is 3.99. The molecule has 1 aliphatic heterocycles. The van der Waals surface area contributed by atoms with Crippen molar-refractivity contribution in [2.75, 3.05) is 13.2 Å². The fraction of sp³-hybridized carbons (Fsp3) is 1.00. The molecular formula is C8H14BClO2. The molecule has 4 heteroatoms. The molecule has 1 saturated heterocycles. The van der Waals surface area contributed by atoms with Crippen LogP contribution in [0, 0.1) is 5.92 Å². The Bertz CT molecular complexity index is 128. The first kappa shape index (κ1) is 8.85. The molecule has 1 heterocycles. The van der Waals surface area contributed by atoms with Crippen LogP contribution in [0.2, 0.25) is 0 Å². The molecule has 2 nitrogen and oxygen atoms in total. The van der Waals surface area contributed by atoms with E-state index in [9.17, 15) is 0 Å². The molecule has 0 amide bonds. The van der Waals surface area contributed by atoms with Crippen molar-refractivity contribution in [1.29, 1.82) is 0 Å². The van der Waals surface area contributed by atoms with Crippen LogP contribution in [0.5, 0.6) is 0 Å². The summed E-state index contributed by atoms with van der Waals surface area (Å²) < 4.78 is 10.7. The predicted octanol–water partition coefficient (Wildman–Crippen LogP) is 1.86. The third kappa shape index (κ3) is 1.78. The molecule has 0 aromatic rings. The highest BCUT2D eigenvalue weighted by molar-refractivity contribution is 6.59. The minimum atomic E-state index is -0.130. The lowest BCUT2D eigenvalue weighted by atomic mass is 9.76. The fourth-order valence-electron chi connectivity index (χ4n) is 2.06. The van der Waals surface area contributed by atoms with E-state index >= 15 is 0 Å². The van der Waals surface area contributed by atoms with Gasteiger partial charge < -0.3 is 9.31 Å². The Kier molecular flexibility index (Phi) is 2.94. The van der Waals surface area contributed by atoms with Crippen LogP contribution < -0.4 is 0 Å². The summed E-state index contributed by atoms with van der Waals surface area (Å²) >= 11 is 6.24. The molecule has 0 spiro atoms. The first-order chi connectivity index (χ1) is 5.88. The molecule has 68 valence electrons. The van der Waals surface area contributed by atoms with Crippen molar-refractivity contribution in [2.24, 2.45) is 5.92 Å². The summed E-state index contributed by atoms with van der Waals surface area (Å²) in [4.78, 5) is 0. The number of hydrogen-bond acceptors (Lipinski definition) is 2. The van der Waals surface area contributed by atoms with Crippen molar-refractivity contribution in [3.63, 3.8) is 0 Å². The maximum Gasteiger partial charge on any atom is 0.476 e. The third-order valence-corrected chi connectivity index (χ3v) is 3.32. The van der Waals surface area contributed by atoms with Crippen LogP contribution in [0.25, 0.3) is 0 Å². The summed E-state index contributed by atoms with van der Waals surface area (Å²) in [7, 11) is -0.130. The first-order valence-corrected chi connectivity index (χ1v) is 5.19. The topological polar surface area (TPSA) is 18.5 Å². The summed E-state index contributed by atoms with van der Waals surface area (Å²) in [5.74, 6) is 0.620. The van der Waals surface area contributed by atoms with E-state index in [1.807, 2.05) is 0 Å². The van der Waals surface area contributed by atoms with Crippen molar-refractivity contribution in [2.45, 2.75) is 31.0 Å². The first-order valence-electron chi connectivity index (χ1n) is 4.75. The maximum atomic E-state index is 6.24. The number of alkyl halides is 1. The highest BCUT2D eigenvalue weighted by atomic mass is 35.5. The minimum Gasteiger partial charge on any atom is -0.408 e. The summed E-state index contributed by atoms with van der Waals surface area (Å²) in [6, 6.07) is 0. The van der Waals surface area contributed by atoms with Gasteiger partial charge in [-0.15, -0.1) is 11.6 Å². The molecule has 0 aromatic heterocycles. The highest BCUT2D eigenvalue weighted by Gasteiger charge is 2.38. The van der Waals surface area contributed by atoms with Gasteiger partial charge in [-0.3, -0.25) is 0 Å². The van der Waals surface area contributed by atoms with E-state index in [2.05, 4.69) is 0 Å². The van der Waals surface area contributed by atoms with Crippen LogP contribution in [0.1, 0.15) is 25.7 Å². The Morgan fingerprint density at radius 3 is 2.33 bits per heavy atom. The molecule has 2 aliphatic rings. The van der Waals surface area contributed by atoms with Crippen LogP contribution in [-0.4, -0.2) is 25.6 Å². The average Bonchev–Trinajstić information content (AvgIpc) is 2.77. The third-order valence-electron chi connectivity index (χ3n) is 2.76. The van der Waals surface area contributed by atoms with Crippen LogP contribution in [0.3, 0.4) is 0 Å². The van der Waals surface area contributed by atoms with Gasteiger partial charge in [-0.1, -0.05) is 12.8 Å². The quantitative estimate of drug-likeness (QED) is 0.486. The molecule has 0 radical (unpaired) electrons. The predicted molar refractivity (Wildman–Crippen MR) is 49.3 cm³/mol. The monoisotopic (exact) mass is 188 g/mol. The lowest BCUT2D eigenvalue weighted by Gasteiger charge is -2.17. The van der Waals surface area contributed by atoms with E-state index in [0.717, 1.165) is 0 Å². The summed E-state index contributed by atoms with van der Waals surface area (Å²) in [5, 5.41) is 0.0787. The Morgan fingerprint density at radius 2 is 1.75 bits per heavy atom. The molecule has 1 atom stereocenters. The fourth-order valence-corrected chi connectivity index (χ4v) is 2.46. The largest absolute Gasteiger partial charge is 0.476 e. The van der Waals surface area contributed by atoms with Gasteiger partial charge in [0.1, 0.15) is 0 Å². The van der Waals surface area contributed by atoms with Gasteiger partial charge in [-0.05, 0) is 18.8 Å². The van der Waals surface area contributed by atoms with E-state index in [0.29, 0.717) is 19.1 Å². The zero-order chi connectivity index (χ0) is 8.39. The van der Waals surface area contributed by atoms with Gasteiger partial charge in [0.15, 0.2) is 0 Å². The second-order valence-electron chi connectivity index (χ2n) is 3.60. The molecule has 1 saturated carbocycles. The molecular weight excluding hydrogens is 174 g/mol. The Labute approximate surface area is 78.7 Å². The van der Waals surface area contributed by atoms with E-state index < -0.39 is 0 Å². The van der Waals surface area contributed by atoms with E-state index in [-0.39, 0.29) is 12.4 Å². The van der Waals surface area contributed by atoms with Gasteiger partial charge in [0, 0.05) is 0 Å². The van der Waals surface area contributed by atoms with Crippen molar-refractivity contribution in [1.82, 2.24) is 0 Å². The van der Waals surface area contributed by atoms with Crippen molar-refractivity contribution < 1.29 is 9.31 Å². The molecule has 0 N–H and O–H groups in total. The molecule has 0 aromatic carbocycles.